The number of carboxylic acids is 1. The van der Waals surface area contributed by atoms with Crippen molar-refractivity contribution in [3.05, 3.63) is 24.0 Å². The van der Waals surface area contributed by atoms with Crippen LogP contribution in [0.25, 0.3) is 0 Å². The lowest BCUT2D eigenvalue weighted by Gasteiger charge is -2.33. The van der Waals surface area contributed by atoms with Gasteiger partial charge in [-0.25, -0.2) is 12.8 Å². The van der Waals surface area contributed by atoms with Gasteiger partial charge in [0.15, 0.2) is 11.6 Å². The number of sulfonamides is 1. The normalized spacial score (nSPS) is 15.4. The molecule has 6 nitrogen and oxygen atoms in total. The molecule has 0 atom stereocenters. The fraction of sp³-hybridized carbons (Fsp3) is 0.533. The van der Waals surface area contributed by atoms with E-state index in [4.69, 9.17) is 9.84 Å². The van der Waals surface area contributed by atoms with E-state index < -0.39 is 21.8 Å². The van der Waals surface area contributed by atoms with E-state index in [1.807, 2.05) is 0 Å². The van der Waals surface area contributed by atoms with Crippen molar-refractivity contribution in [1.29, 1.82) is 0 Å². The highest BCUT2D eigenvalue weighted by molar-refractivity contribution is 7.89. The SMILES string of the molecule is CN(C1CCC1)S(=O)(=O)c1ccc(OCCCC(=O)O)c(F)c1. The zero-order chi connectivity index (χ0) is 17.0. The Bertz CT molecular complexity index is 672. The average Bonchev–Trinajstić information content (AvgIpc) is 2.42. The molecular formula is C15H20FNO5S. The van der Waals surface area contributed by atoms with E-state index in [1.54, 1.807) is 0 Å². The fourth-order valence-corrected chi connectivity index (χ4v) is 3.71. The molecule has 128 valence electrons. The highest BCUT2D eigenvalue weighted by atomic mass is 32.2. The van der Waals surface area contributed by atoms with Crippen LogP contribution in [0.5, 0.6) is 5.75 Å². The van der Waals surface area contributed by atoms with Crippen LogP contribution < -0.4 is 4.74 Å². The second-order valence-electron chi connectivity index (χ2n) is 5.54. The first kappa shape index (κ1) is 17.7. The molecule has 0 unspecified atom stereocenters. The van der Waals surface area contributed by atoms with E-state index in [-0.39, 0.29) is 36.1 Å². The van der Waals surface area contributed by atoms with Crippen molar-refractivity contribution in [2.75, 3.05) is 13.7 Å². The third-order valence-electron chi connectivity index (χ3n) is 3.96. The minimum absolute atomic E-state index is 0.0185. The summed E-state index contributed by atoms with van der Waals surface area (Å²) in [4.78, 5) is 10.3. The van der Waals surface area contributed by atoms with Gasteiger partial charge in [0.1, 0.15) is 0 Å². The number of hydrogen-bond acceptors (Lipinski definition) is 4. The summed E-state index contributed by atoms with van der Waals surface area (Å²) in [5, 5.41) is 8.51. The Hall–Kier alpha value is -1.67. The first-order valence-electron chi connectivity index (χ1n) is 7.44. The van der Waals surface area contributed by atoms with Crippen LogP contribution in [0.1, 0.15) is 32.1 Å². The molecule has 0 heterocycles. The number of carboxylic acid groups (broad SMARTS) is 1. The maximum Gasteiger partial charge on any atom is 0.303 e. The van der Waals surface area contributed by atoms with E-state index in [1.165, 1.54) is 23.5 Å². The Morgan fingerprint density at radius 3 is 2.65 bits per heavy atom. The van der Waals surface area contributed by atoms with Gasteiger partial charge in [-0.2, -0.15) is 4.31 Å². The van der Waals surface area contributed by atoms with Gasteiger partial charge >= 0.3 is 5.97 Å². The summed E-state index contributed by atoms with van der Waals surface area (Å²) in [5.41, 5.74) is 0. The minimum atomic E-state index is -3.71. The molecule has 1 aliphatic carbocycles. The molecule has 0 bridgehead atoms. The predicted molar refractivity (Wildman–Crippen MR) is 81.4 cm³/mol. The third-order valence-corrected chi connectivity index (χ3v) is 5.87. The molecule has 1 N–H and O–H groups in total. The highest BCUT2D eigenvalue weighted by Gasteiger charge is 2.32. The van der Waals surface area contributed by atoms with Crippen LogP contribution in [-0.4, -0.2) is 43.5 Å². The number of ether oxygens (including phenoxy) is 1. The summed E-state index contributed by atoms with van der Waals surface area (Å²) < 4.78 is 45.3. The lowest BCUT2D eigenvalue weighted by atomic mass is 9.94. The van der Waals surface area contributed by atoms with Gasteiger partial charge in [0, 0.05) is 19.5 Å². The number of benzene rings is 1. The summed E-state index contributed by atoms with van der Waals surface area (Å²) in [6.07, 6.45) is 2.83. The second kappa shape index (κ2) is 7.27. The van der Waals surface area contributed by atoms with Gasteiger partial charge in [-0.3, -0.25) is 4.79 Å². The van der Waals surface area contributed by atoms with E-state index in [2.05, 4.69) is 0 Å². The van der Waals surface area contributed by atoms with Crippen LogP contribution in [-0.2, 0) is 14.8 Å². The lowest BCUT2D eigenvalue weighted by Crippen LogP contribution is -2.41. The van der Waals surface area contributed by atoms with Crippen molar-refractivity contribution >= 4 is 16.0 Å². The molecule has 0 spiro atoms. The summed E-state index contributed by atoms with van der Waals surface area (Å²) in [5.74, 6) is -1.81. The number of carbonyl (C=O) groups is 1. The van der Waals surface area contributed by atoms with Gasteiger partial charge in [0.05, 0.1) is 11.5 Å². The Labute approximate surface area is 134 Å². The van der Waals surface area contributed by atoms with Crippen LogP contribution in [0.3, 0.4) is 0 Å². The number of rotatable bonds is 8. The van der Waals surface area contributed by atoms with E-state index in [0.717, 1.165) is 25.3 Å². The molecule has 0 radical (unpaired) electrons. The average molecular weight is 345 g/mol. The van der Waals surface area contributed by atoms with E-state index >= 15 is 0 Å². The molecule has 1 saturated carbocycles. The van der Waals surface area contributed by atoms with Gasteiger partial charge in [-0.15, -0.1) is 0 Å². The maximum absolute atomic E-state index is 14.0. The van der Waals surface area contributed by atoms with E-state index in [0.29, 0.717) is 0 Å². The topological polar surface area (TPSA) is 83.9 Å². The summed E-state index contributed by atoms with van der Waals surface area (Å²) in [6, 6.07) is 3.49. The molecule has 0 saturated heterocycles. The molecule has 1 aliphatic rings. The van der Waals surface area contributed by atoms with Crippen molar-refractivity contribution < 1.29 is 27.4 Å². The standard InChI is InChI=1S/C15H20FNO5S/c1-17(11-4-2-5-11)23(20,21)12-7-8-14(13(16)10-12)22-9-3-6-15(18)19/h7-8,10-11H,2-6,9H2,1H3,(H,18,19). The molecule has 1 aromatic carbocycles. The smallest absolute Gasteiger partial charge is 0.303 e. The van der Waals surface area contributed by atoms with Crippen LogP contribution in [0.4, 0.5) is 4.39 Å². The third kappa shape index (κ3) is 4.20. The number of aliphatic carboxylic acids is 1. The monoisotopic (exact) mass is 345 g/mol. The van der Waals surface area contributed by atoms with Gasteiger partial charge < -0.3 is 9.84 Å². The van der Waals surface area contributed by atoms with Crippen molar-refractivity contribution in [2.45, 2.75) is 43.0 Å². The lowest BCUT2D eigenvalue weighted by molar-refractivity contribution is -0.137. The van der Waals surface area contributed by atoms with Crippen LogP contribution in [0.15, 0.2) is 23.1 Å². The Balaban J connectivity index is 2.04. The Kier molecular flexibility index (Phi) is 5.59. The molecule has 0 aliphatic heterocycles. The summed E-state index contributed by atoms with van der Waals surface area (Å²) in [7, 11) is -2.21. The van der Waals surface area contributed by atoms with Crippen LogP contribution in [0, 0.1) is 5.82 Å². The molecule has 23 heavy (non-hydrogen) atoms. The molecule has 1 aromatic rings. The van der Waals surface area contributed by atoms with Crippen LogP contribution >= 0.6 is 0 Å². The second-order valence-corrected chi connectivity index (χ2v) is 7.54. The first-order chi connectivity index (χ1) is 10.8. The van der Waals surface area contributed by atoms with Crippen molar-refractivity contribution in [2.24, 2.45) is 0 Å². The first-order valence-corrected chi connectivity index (χ1v) is 8.88. The summed E-state index contributed by atoms with van der Waals surface area (Å²) >= 11 is 0. The number of hydrogen-bond donors (Lipinski definition) is 1. The van der Waals surface area contributed by atoms with Crippen molar-refractivity contribution in [3.63, 3.8) is 0 Å². The largest absolute Gasteiger partial charge is 0.491 e. The zero-order valence-corrected chi connectivity index (χ0v) is 13.7. The predicted octanol–water partition coefficient (Wildman–Crippen LogP) is 2.24. The van der Waals surface area contributed by atoms with Gasteiger partial charge in [0.2, 0.25) is 10.0 Å². The summed E-state index contributed by atoms with van der Waals surface area (Å²) in [6.45, 7) is 0.0529. The van der Waals surface area contributed by atoms with Crippen molar-refractivity contribution in [1.82, 2.24) is 4.31 Å². The van der Waals surface area contributed by atoms with Gasteiger partial charge in [-0.05, 0) is 37.5 Å². The van der Waals surface area contributed by atoms with Gasteiger partial charge in [-0.1, -0.05) is 6.42 Å². The molecule has 2 rings (SSSR count). The Morgan fingerprint density at radius 1 is 1.43 bits per heavy atom. The Morgan fingerprint density at radius 2 is 2.13 bits per heavy atom. The highest BCUT2D eigenvalue weighted by Crippen LogP contribution is 2.30. The van der Waals surface area contributed by atoms with E-state index in [9.17, 15) is 17.6 Å². The minimum Gasteiger partial charge on any atom is -0.491 e. The van der Waals surface area contributed by atoms with Gasteiger partial charge in [0.25, 0.3) is 0 Å². The number of halogens is 1. The number of nitrogens with zero attached hydrogens (tertiary/aromatic N) is 1. The zero-order valence-electron chi connectivity index (χ0n) is 12.9. The van der Waals surface area contributed by atoms with Crippen molar-refractivity contribution in [3.8, 4) is 5.75 Å². The molecule has 8 heteroatoms. The molecular weight excluding hydrogens is 325 g/mol. The molecule has 0 amide bonds. The molecule has 0 aromatic heterocycles. The fourth-order valence-electron chi connectivity index (χ4n) is 2.28. The van der Waals surface area contributed by atoms with Crippen LogP contribution in [0.2, 0.25) is 0 Å². The quantitative estimate of drug-likeness (QED) is 0.731. The maximum atomic E-state index is 14.0. The molecule has 1 fully saturated rings.